The summed E-state index contributed by atoms with van der Waals surface area (Å²) in [5, 5.41) is 2.12. The van der Waals surface area contributed by atoms with Gasteiger partial charge in [-0.3, -0.25) is 15.0 Å². The molecule has 0 spiro atoms. The van der Waals surface area contributed by atoms with Crippen LogP contribution in [0.1, 0.15) is 78.9 Å². The molecule has 0 bridgehead atoms. The van der Waals surface area contributed by atoms with Crippen molar-refractivity contribution in [2.45, 2.75) is 91.4 Å². The molecule has 4 aromatic carbocycles. The first-order valence-corrected chi connectivity index (χ1v) is 28.7. The van der Waals surface area contributed by atoms with E-state index in [1.54, 1.807) is 0 Å². The predicted molar refractivity (Wildman–Crippen MR) is 257 cm³/mol. The molecular weight excluding hydrogens is 999 g/mol. The Balaban J connectivity index is 0.000000201. The molecule has 9 rings (SSSR count). The van der Waals surface area contributed by atoms with Crippen molar-refractivity contribution in [3.63, 3.8) is 0 Å². The molecule has 5 aromatic heterocycles. The van der Waals surface area contributed by atoms with Crippen molar-refractivity contribution in [3.05, 3.63) is 155 Å². The summed E-state index contributed by atoms with van der Waals surface area (Å²) in [6.07, 6.45) is 4.07. The third-order valence-electron chi connectivity index (χ3n) is 11.6. The van der Waals surface area contributed by atoms with Crippen LogP contribution in [0.4, 0.5) is 0 Å². The molecule has 0 atom stereocenters. The minimum atomic E-state index is -2.04. The van der Waals surface area contributed by atoms with E-state index in [0.29, 0.717) is 11.8 Å². The Morgan fingerprint density at radius 1 is 0.661 bits per heavy atom. The average molecular weight is 1050 g/mol. The number of fused-ring (bicyclic) bond motifs is 4. The third kappa shape index (κ3) is 8.47. The number of nitrogens with zero attached hydrogens (tertiary/aromatic N) is 5. The summed E-state index contributed by atoms with van der Waals surface area (Å²) in [7, 11) is 0. The van der Waals surface area contributed by atoms with Crippen molar-refractivity contribution in [1.82, 2.24) is 24.5 Å². The molecule has 6 nitrogen and oxygen atoms in total. The van der Waals surface area contributed by atoms with Gasteiger partial charge in [-0.1, -0.05) is 56.8 Å². The topological polar surface area (TPSA) is 69.6 Å². The van der Waals surface area contributed by atoms with Crippen LogP contribution in [0.25, 0.3) is 72.4 Å². The summed E-state index contributed by atoms with van der Waals surface area (Å²) in [5.41, 5.74) is 18.3. The molecule has 62 heavy (non-hydrogen) atoms. The Morgan fingerprint density at radius 2 is 1.35 bits per heavy atom. The molecule has 0 aliphatic heterocycles. The molecule has 0 amide bonds. The van der Waals surface area contributed by atoms with E-state index in [0.717, 1.165) is 72.7 Å². The van der Waals surface area contributed by atoms with Crippen molar-refractivity contribution in [2.24, 2.45) is 0 Å². The van der Waals surface area contributed by atoms with Gasteiger partial charge in [-0.05, 0) is 55.9 Å². The van der Waals surface area contributed by atoms with E-state index in [-0.39, 0.29) is 20.1 Å². The fraction of sp³-hybridized carbons (Fsp3) is 0.259. The minimum absolute atomic E-state index is 0. The summed E-state index contributed by atoms with van der Waals surface area (Å²) < 4.78 is 10.3. The monoisotopic (exact) mass is 1060 g/mol. The SMILES string of the molecule is Cc1cc2nc(-c3[c-]ccc4c3oc3c(C)nc(C)cc34)n(-c3c(C(C)C)cccc3C(C)C)c2cn1.Cc1cccc(C)c1-c1cc(-c2[c-]cccc2)nc[c]1[Ge]([CH3])([CH3])[CH3].[Ir]. The van der Waals surface area contributed by atoms with Crippen molar-refractivity contribution in [2.75, 3.05) is 0 Å². The maximum absolute atomic E-state index is 6.53. The molecule has 0 N–H and O–H groups in total. The van der Waals surface area contributed by atoms with Crippen LogP contribution >= 0.6 is 0 Å². The average Bonchev–Trinajstić information content (AvgIpc) is 3.79. The number of pyridine rings is 3. The van der Waals surface area contributed by atoms with E-state index < -0.39 is 13.3 Å². The Labute approximate surface area is 383 Å². The molecule has 0 saturated carbocycles. The number of benzene rings is 4. The number of hydrogen-bond acceptors (Lipinski definition) is 5. The summed E-state index contributed by atoms with van der Waals surface area (Å²) in [6, 6.07) is 38.5. The van der Waals surface area contributed by atoms with E-state index in [1.165, 1.54) is 43.5 Å². The number of furan rings is 1. The third-order valence-corrected chi connectivity index (χ3v) is 15.9. The Kier molecular flexibility index (Phi) is 12.9. The summed E-state index contributed by atoms with van der Waals surface area (Å²) in [5.74, 6) is 8.78. The molecule has 0 aliphatic carbocycles. The van der Waals surface area contributed by atoms with Gasteiger partial charge in [-0.25, -0.2) is 0 Å². The van der Waals surface area contributed by atoms with Crippen molar-refractivity contribution in [3.8, 4) is 39.5 Å². The van der Waals surface area contributed by atoms with Gasteiger partial charge < -0.3 is 8.98 Å². The fourth-order valence-electron chi connectivity index (χ4n) is 8.66. The minimum Gasteiger partial charge on any atom is 0 e. The smallest absolute Gasteiger partial charge is 0 e. The Morgan fingerprint density at radius 3 is 2.00 bits per heavy atom. The summed E-state index contributed by atoms with van der Waals surface area (Å²) >= 11 is -2.04. The molecule has 0 saturated heterocycles. The van der Waals surface area contributed by atoms with Gasteiger partial charge in [0.1, 0.15) is 5.58 Å². The van der Waals surface area contributed by atoms with Gasteiger partial charge in [0.05, 0.1) is 34.3 Å². The largest absolute Gasteiger partial charge is 0 e. The van der Waals surface area contributed by atoms with E-state index in [4.69, 9.17) is 14.4 Å². The number of rotatable bonds is 7. The van der Waals surface area contributed by atoms with Crippen LogP contribution in [-0.2, 0) is 20.1 Å². The summed E-state index contributed by atoms with van der Waals surface area (Å²) in [4.78, 5) is 19.3. The van der Waals surface area contributed by atoms with Gasteiger partial charge in [-0.2, -0.15) is 0 Å². The quantitative estimate of drug-likeness (QED) is 0.117. The van der Waals surface area contributed by atoms with Crippen molar-refractivity contribution in [1.29, 1.82) is 0 Å². The number of aryl methyl sites for hydroxylation is 5. The van der Waals surface area contributed by atoms with Gasteiger partial charge in [0.15, 0.2) is 0 Å². The van der Waals surface area contributed by atoms with Crippen molar-refractivity contribution >= 4 is 50.6 Å². The van der Waals surface area contributed by atoms with Gasteiger partial charge >= 0.3 is 148 Å². The fourth-order valence-corrected chi connectivity index (χ4v) is 11.7. The number of hydrogen-bond donors (Lipinski definition) is 0. The first-order chi connectivity index (χ1) is 29.1. The maximum atomic E-state index is 6.53. The van der Waals surface area contributed by atoms with Gasteiger partial charge in [-0.15, -0.1) is 18.2 Å². The van der Waals surface area contributed by atoms with E-state index in [1.807, 2.05) is 51.2 Å². The Hall–Kier alpha value is -5.21. The first kappa shape index (κ1) is 44.8. The molecule has 5 heterocycles. The molecule has 8 heteroatoms. The van der Waals surface area contributed by atoms with Gasteiger partial charge in [0.25, 0.3) is 0 Å². The predicted octanol–water partition coefficient (Wildman–Crippen LogP) is 13.7. The first-order valence-electron chi connectivity index (χ1n) is 21.4. The van der Waals surface area contributed by atoms with Crippen LogP contribution in [0.2, 0.25) is 17.3 Å². The molecule has 9 aromatic rings. The standard InChI is InChI=1S/C32H31N4O.C22H24GeN.Ir/c1-17(2)22-10-8-11-23(18(3)4)29(22)36-28-16-33-19(5)15-27(28)35-32(36)25-13-9-12-24-26-14-20(6)34-21(7)30(26)37-31(24)25;1-16-10-9-11-17(2)22(16)19-14-21(18-12-7-6-8-13-18)24-15-20(19)23(3,4)5;/h8-12,14-18H,1-7H3;6-12,14-15H,1-5H3;/q2*-1;. The zero-order valence-electron chi connectivity index (χ0n) is 37.9. The van der Waals surface area contributed by atoms with Crippen LogP contribution in [0.5, 0.6) is 0 Å². The maximum Gasteiger partial charge on any atom is 0 e. The van der Waals surface area contributed by atoms with Crippen LogP contribution in [0.3, 0.4) is 0 Å². The zero-order chi connectivity index (χ0) is 43.3. The second kappa shape index (κ2) is 17.9. The van der Waals surface area contributed by atoms with Gasteiger partial charge in [0.2, 0.25) is 0 Å². The van der Waals surface area contributed by atoms with Crippen LogP contribution in [-0.4, -0.2) is 37.8 Å². The van der Waals surface area contributed by atoms with Crippen LogP contribution in [0.15, 0.2) is 108 Å². The van der Waals surface area contributed by atoms with Gasteiger partial charge in [0, 0.05) is 42.6 Å². The molecular formula is C54H55GeIrN5O-2. The molecule has 0 aliphatic rings. The molecule has 0 unspecified atom stereocenters. The van der Waals surface area contributed by atoms with Crippen LogP contribution < -0.4 is 4.40 Å². The summed E-state index contributed by atoms with van der Waals surface area (Å²) in [6.45, 7) is 19.4. The molecule has 1 radical (unpaired) electrons. The normalized spacial score (nSPS) is 11.7. The van der Waals surface area contributed by atoms with E-state index >= 15 is 0 Å². The van der Waals surface area contributed by atoms with E-state index in [9.17, 15) is 0 Å². The van der Waals surface area contributed by atoms with E-state index in [2.05, 4.69) is 158 Å². The van der Waals surface area contributed by atoms with Crippen LogP contribution in [0, 0.1) is 46.8 Å². The van der Waals surface area contributed by atoms with Crippen molar-refractivity contribution < 1.29 is 24.5 Å². The second-order valence-electron chi connectivity index (χ2n) is 18.0. The number of aromatic nitrogens is 5. The molecule has 317 valence electrons. The molecule has 0 fully saturated rings. The zero-order valence-corrected chi connectivity index (χ0v) is 42.4. The number of imidazole rings is 1. The second-order valence-corrected chi connectivity index (χ2v) is 28.6. The number of para-hydroxylation sites is 1. The Bertz CT molecular complexity index is 3040.